The lowest BCUT2D eigenvalue weighted by atomic mass is 10.1. The predicted octanol–water partition coefficient (Wildman–Crippen LogP) is 3.42. The molecule has 0 aliphatic carbocycles. The summed E-state index contributed by atoms with van der Waals surface area (Å²) < 4.78 is 12.8. The lowest BCUT2D eigenvalue weighted by Crippen LogP contribution is -2.25. The van der Waals surface area contributed by atoms with Crippen molar-refractivity contribution in [3.05, 3.63) is 53.4 Å². The number of fused-ring (bicyclic) bond motifs is 1. The second-order valence-electron chi connectivity index (χ2n) is 6.71. The fourth-order valence-electron chi connectivity index (χ4n) is 3.27. The van der Waals surface area contributed by atoms with E-state index < -0.39 is 0 Å². The minimum absolute atomic E-state index is 0.182. The molecule has 0 radical (unpaired) electrons. The molecule has 0 bridgehead atoms. The maximum absolute atomic E-state index is 12.9. The van der Waals surface area contributed by atoms with Gasteiger partial charge in [0, 0.05) is 31.0 Å². The van der Waals surface area contributed by atoms with Crippen LogP contribution in [0, 0.1) is 20.8 Å². The standard InChI is InChI=1S/C20H21N5O3/c1-12-10-15(14(3)27-12)17-11-16(18-13(2)24-28-20(18)23-17)19(26)21-6-4-8-25-9-5-7-22-25/h5,7,9-11H,4,6,8H2,1-3H3,(H,21,26). The molecule has 0 fully saturated rings. The van der Waals surface area contributed by atoms with E-state index in [-0.39, 0.29) is 5.91 Å². The molecular formula is C20H21N5O3. The van der Waals surface area contributed by atoms with Crippen LogP contribution in [0.5, 0.6) is 0 Å². The number of rotatable bonds is 6. The summed E-state index contributed by atoms with van der Waals surface area (Å²) in [6, 6.07) is 5.55. The van der Waals surface area contributed by atoms with Crippen molar-refractivity contribution in [3.8, 4) is 11.3 Å². The van der Waals surface area contributed by atoms with Crippen molar-refractivity contribution in [2.75, 3.05) is 6.54 Å². The quantitative estimate of drug-likeness (QED) is 0.515. The maximum atomic E-state index is 12.9. The molecule has 144 valence electrons. The van der Waals surface area contributed by atoms with Gasteiger partial charge in [-0.2, -0.15) is 5.10 Å². The van der Waals surface area contributed by atoms with Crippen molar-refractivity contribution in [1.82, 2.24) is 25.2 Å². The summed E-state index contributed by atoms with van der Waals surface area (Å²) in [6.07, 6.45) is 4.41. The minimum Gasteiger partial charge on any atom is -0.466 e. The molecule has 8 nitrogen and oxygen atoms in total. The van der Waals surface area contributed by atoms with Gasteiger partial charge in [-0.15, -0.1) is 0 Å². The molecule has 0 unspecified atom stereocenters. The lowest BCUT2D eigenvalue weighted by molar-refractivity contribution is 0.0954. The van der Waals surface area contributed by atoms with E-state index in [0.717, 1.165) is 30.0 Å². The van der Waals surface area contributed by atoms with Gasteiger partial charge in [0.25, 0.3) is 11.6 Å². The molecule has 0 aliphatic rings. The zero-order valence-electron chi connectivity index (χ0n) is 16.0. The summed E-state index contributed by atoms with van der Waals surface area (Å²) in [5, 5.41) is 11.7. The van der Waals surface area contributed by atoms with Gasteiger partial charge in [0.2, 0.25) is 0 Å². The van der Waals surface area contributed by atoms with Crippen molar-refractivity contribution in [3.63, 3.8) is 0 Å². The van der Waals surface area contributed by atoms with Gasteiger partial charge in [-0.1, -0.05) is 5.16 Å². The first-order valence-corrected chi connectivity index (χ1v) is 9.13. The maximum Gasteiger partial charge on any atom is 0.259 e. The average Bonchev–Trinajstić information content (AvgIpc) is 3.39. The van der Waals surface area contributed by atoms with E-state index in [1.54, 1.807) is 19.2 Å². The lowest BCUT2D eigenvalue weighted by Gasteiger charge is -2.08. The molecule has 4 heterocycles. The van der Waals surface area contributed by atoms with Crippen LogP contribution in [-0.2, 0) is 6.54 Å². The summed E-state index contributed by atoms with van der Waals surface area (Å²) in [5.41, 5.74) is 2.93. The highest BCUT2D eigenvalue weighted by Gasteiger charge is 2.20. The van der Waals surface area contributed by atoms with Crippen molar-refractivity contribution >= 4 is 17.0 Å². The predicted molar refractivity (Wildman–Crippen MR) is 103 cm³/mol. The van der Waals surface area contributed by atoms with E-state index >= 15 is 0 Å². The van der Waals surface area contributed by atoms with Crippen molar-refractivity contribution < 1.29 is 13.7 Å². The zero-order valence-corrected chi connectivity index (χ0v) is 16.0. The van der Waals surface area contributed by atoms with Crippen LogP contribution in [0.4, 0.5) is 0 Å². The van der Waals surface area contributed by atoms with E-state index in [1.807, 2.05) is 36.9 Å². The van der Waals surface area contributed by atoms with Gasteiger partial charge < -0.3 is 14.3 Å². The number of furan rings is 1. The fraction of sp³-hybridized carbons (Fsp3) is 0.300. The number of pyridine rings is 1. The molecule has 0 atom stereocenters. The third-order valence-corrected chi connectivity index (χ3v) is 4.59. The number of carbonyl (C=O) groups excluding carboxylic acids is 1. The summed E-state index contributed by atoms with van der Waals surface area (Å²) in [4.78, 5) is 17.4. The van der Waals surface area contributed by atoms with Crippen molar-refractivity contribution in [1.29, 1.82) is 0 Å². The number of nitrogens with one attached hydrogen (secondary N) is 1. The molecule has 1 amide bonds. The van der Waals surface area contributed by atoms with Gasteiger partial charge in [0.05, 0.1) is 22.3 Å². The highest BCUT2D eigenvalue weighted by atomic mass is 16.5. The van der Waals surface area contributed by atoms with Crippen LogP contribution < -0.4 is 5.32 Å². The third kappa shape index (κ3) is 3.40. The third-order valence-electron chi connectivity index (χ3n) is 4.59. The highest BCUT2D eigenvalue weighted by Crippen LogP contribution is 2.30. The van der Waals surface area contributed by atoms with E-state index in [9.17, 15) is 4.79 Å². The van der Waals surface area contributed by atoms with Crippen LogP contribution in [0.2, 0.25) is 0 Å². The van der Waals surface area contributed by atoms with Crippen LogP contribution >= 0.6 is 0 Å². The van der Waals surface area contributed by atoms with Gasteiger partial charge in [-0.05, 0) is 45.4 Å². The number of aryl methyl sites for hydroxylation is 4. The normalized spacial score (nSPS) is 11.2. The molecule has 0 spiro atoms. The summed E-state index contributed by atoms with van der Waals surface area (Å²) in [7, 11) is 0. The molecular weight excluding hydrogens is 358 g/mol. The molecule has 1 N–H and O–H groups in total. The Hall–Kier alpha value is -3.42. The van der Waals surface area contributed by atoms with Crippen molar-refractivity contribution in [2.45, 2.75) is 33.7 Å². The first kappa shape index (κ1) is 18.0. The Balaban J connectivity index is 1.60. The number of carbonyl (C=O) groups is 1. The van der Waals surface area contributed by atoms with Crippen LogP contribution in [0.3, 0.4) is 0 Å². The monoisotopic (exact) mass is 379 g/mol. The van der Waals surface area contributed by atoms with E-state index in [1.165, 1.54) is 0 Å². The Morgan fingerprint density at radius 1 is 1.25 bits per heavy atom. The average molecular weight is 379 g/mol. The SMILES string of the molecule is Cc1cc(-c2cc(C(=O)NCCCn3cccn3)c3c(C)noc3n2)c(C)o1. The number of hydrogen-bond donors (Lipinski definition) is 1. The molecule has 0 aliphatic heterocycles. The van der Waals surface area contributed by atoms with Gasteiger partial charge in [0.15, 0.2) is 0 Å². The van der Waals surface area contributed by atoms with Gasteiger partial charge in [-0.25, -0.2) is 4.98 Å². The fourth-order valence-corrected chi connectivity index (χ4v) is 3.27. The number of aromatic nitrogens is 4. The summed E-state index contributed by atoms with van der Waals surface area (Å²) >= 11 is 0. The number of amides is 1. The summed E-state index contributed by atoms with van der Waals surface area (Å²) in [6.45, 7) is 6.82. The first-order valence-electron chi connectivity index (χ1n) is 9.13. The molecule has 0 saturated carbocycles. The van der Waals surface area contributed by atoms with E-state index in [4.69, 9.17) is 8.94 Å². The smallest absolute Gasteiger partial charge is 0.259 e. The van der Waals surface area contributed by atoms with E-state index in [2.05, 4.69) is 20.6 Å². The Bertz CT molecular complexity index is 1120. The Kier molecular flexibility index (Phi) is 4.68. The second kappa shape index (κ2) is 7.30. The van der Waals surface area contributed by atoms with Gasteiger partial charge in [-0.3, -0.25) is 9.48 Å². The Morgan fingerprint density at radius 2 is 2.11 bits per heavy atom. The highest BCUT2D eigenvalue weighted by molar-refractivity contribution is 6.07. The van der Waals surface area contributed by atoms with E-state index in [0.29, 0.717) is 34.6 Å². The molecule has 28 heavy (non-hydrogen) atoms. The number of hydrogen-bond acceptors (Lipinski definition) is 6. The van der Waals surface area contributed by atoms with Crippen LogP contribution in [0.25, 0.3) is 22.4 Å². The van der Waals surface area contributed by atoms with Crippen LogP contribution in [-0.4, -0.2) is 32.4 Å². The number of nitrogens with zero attached hydrogens (tertiary/aromatic N) is 4. The molecule has 8 heteroatoms. The van der Waals surface area contributed by atoms with Crippen molar-refractivity contribution in [2.24, 2.45) is 0 Å². The minimum atomic E-state index is -0.182. The second-order valence-corrected chi connectivity index (χ2v) is 6.71. The largest absolute Gasteiger partial charge is 0.466 e. The molecule has 4 aromatic heterocycles. The Morgan fingerprint density at radius 3 is 2.82 bits per heavy atom. The topological polar surface area (TPSA) is 99.0 Å². The zero-order chi connectivity index (χ0) is 19.7. The van der Waals surface area contributed by atoms with Gasteiger partial charge >= 0.3 is 0 Å². The molecule has 0 aromatic carbocycles. The molecule has 4 rings (SSSR count). The van der Waals surface area contributed by atoms with Gasteiger partial charge in [0.1, 0.15) is 11.5 Å². The Labute approximate surface area is 161 Å². The van der Waals surface area contributed by atoms with Crippen LogP contribution in [0.15, 0.2) is 39.5 Å². The first-order chi connectivity index (χ1) is 13.5. The molecule has 0 saturated heterocycles. The summed E-state index contributed by atoms with van der Waals surface area (Å²) in [5.74, 6) is 1.34. The molecule has 4 aromatic rings. The van der Waals surface area contributed by atoms with Crippen LogP contribution in [0.1, 0.15) is 34.0 Å².